The zero-order valence-electron chi connectivity index (χ0n) is 9.68. The molecule has 2 aromatic rings. The number of nitrogens with zero attached hydrogens (tertiary/aromatic N) is 1. The molecule has 2 aromatic carbocycles. The molecule has 0 aliphatic carbocycles. The normalized spacial score (nSPS) is 10.2. The van der Waals surface area contributed by atoms with E-state index < -0.39 is 22.2 Å². The molecule has 6 heteroatoms. The van der Waals surface area contributed by atoms with Crippen LogP contribution in [0.25, 0.3) is 0 Å². The Kier molecular flexibility index (Phi) is 3.70. The zero-order valence-corrected chi connectivity index (χ0v) is 9.68. The number of ether oxygens (including phenoxy) is 1. The van der Waals surface area contributed by atoms with Gasteiger partial charge in [0.15, 0.2) is 11.6 Å². The van der Waals surface area contributed by atoms with Crippen LogP contribution in [0.4, 0.5) is 14.5 Å². The van der Waals surface area contributed by atoms with Crippen molar-refractivity contribution in [2.75, 3.05) is 0 Å². The van der Waals surface area contributed by atoms with Gasteiger partial charge in [0.25, 0.3) is 0 Å². The number of nitro groups is 1. The lowest BCUT2D eigenvalue weighted by Gasteiger charge is -2.07. The summed E-state index contributed by atoms with van der Waals surface area (Å²) in [5.74, 6) is -1.43. The van der Waals surface area contributed by atoms with Gasteiger partial charge < -0.3 is 4.74 Å². The smallest absolute Gasteiger partial charge is 0.304 e. The zero-order chi connectivity index (χ0) is 13.8. The molecule has 98 valence electrons. The first-order chi connectivity index (χ1) is 9.08. The van der Waals surface area contributed by atoms with Gasteiger partial charge in [-0.3, -0.25) is 10.1 Å². The molecule has 0 saturated heterocycles. The van der Waals surface area contributed by atoms with Gasteiger partial charge in [0.1, 0.15) is 6.61 Å². The highest BCUT2D eigenvalue weighted by Crippen LogP contribution is 2.20. The van der Waals surface area contributed by atoms with E-state index in [0.717, 1.165) is 12.1 Å². The lowest BCUT2D eigenvalue weighted by atomic mass is 10.2. The van der Waals surface area contributed by atoms with E-state index in [1.54, 1.807) is 6.07 Å². The Morgan fingerprint density at radius 2 is 1.84 bits per heavy atom. The molecule has 0 aliphatic heterocycles. The maximum absolute atomic E-state index is 13.3. The van der Waals surface area contributed by atoms with E-state index in [1.165, 1.54) is 24.3 Å². The van der Waals surface area contributed by atoms with E-state index in [-0.39, 0.29) is 12.4 Å². The summed E-state index contributed by atoms with van der Waals surface area (Å²) in [6.45, 7) is -0.0736. The van der Waals surface area contributed by atoms with E-state index in [2.05, 4.69) is 0 Å². The van der Waals surface area contributed by atoms with Crippen molar-refractivity contribution in [2.45, 2.75) is 6.61 Å². The molecule has 0 radical (unpaired) electrons. The summed E-state index contributed by atoms with van der Waals surface area (Å²) in [7, 11) is 0. The van der Waals surface area contributed by atoms with Crippen molar-refractivity contribution in [2.24, 2.45) is 0 Å². The summed E-state index contributed by atoms with van der Waals surface area (Å²) in [6.07, 6.45) is 0. The molecule has 0 aliphatic rings. The predicted octanol–water partition coefficient (Wildman–Crippen LogP) is 3.45. The largest absolute Gasteiger partial charge is 0.486 e. The third-order valence-electron chi connectivity index (χ3n) is 2.44. The summed E-state index contributed by atoms with van der Waals surface area (Å²) in [5, 5.41) is 10.4. The van der Waals surface area contributed by atoms with Gasteiger partial charge in [0, 0.05) is 6.07 Å². The van der Waals surface area contributed by atoms with Crippen LogP contribution in [0.1, 0.15) is 5.56 Å². The molecule has 0 unspecified atom stereocenters. The number of para-hydroxylation sites is 1. The summed E-state index contributed by atoms with van der Waals surface area (Å²) < 4.78 is 31.8. The van der Waals surface area contributed by atoms with Gasteiger partial charge in [-0.05, 0) is 29.8 Å². The van der Waals surface area contributed by atoms with E-state index >= 15 is 0 Å². The monoisotopic (exact) mass is 265 g/mol. The molecule has 0 saturated carbocycles. The van der Waals surface area contributed by atoms with E-state index in [4.69, 9.17) is 4.74 Å². The molecule has 0 aromatic heterocycles. The second-order valence-electron chi connectivity index (χ2n) is 3.76. The highest BCUT2D eigenvalue weighted by atomic mass is 19.1. The van der Waals surface area contributed by atoms with E-state index in [9.17, 15) is 18.9 Å². The number of halogens is 2. The minimum Gasteiger partial charge on any atom is -0.486 e. The second kappa shape index (κ2) is 5.43. The van der Waals surface area contributed by atoms with Crippen molar-refractivity contribution in [3.63, 3.8) is 0 Å². The minimum atomic E-state index is -0.945. The molecule has 0 bridgehead atoms. The van der Waals surface area contributed by atoms with Gasteiger partial charge >= 0.3 is 5.69 Å². The number of benzene rings is 2. The van der Waals surface area contributed by atoms with Gasteiger partial charge in [0.05, 0.1) is 4.92 Å². The van der Waals surface area contributed by atoms with Crippen molar-refractivity contribution < 1.29 is 18.4 Å². The van der Waals surface area contributed by atoms with Gasteiger partial charge in [-0.15, -0.1) is 0 Å². The van der Waals surface area contributed by atoms with Gasteiger partial charge in [-0.1, -0.05) is 12.1 Å². The second-order valence-corrected chi connectivity index (χ2v) is 3.76. The van der Waals surface area contributed by atoms with Crippen LogP contribution in [-0.2, 0) is 6.61 Å². The first kappa shape index (κ1) is 12.9. The first-order valence-corrected chi connectivity index (χ1v) is 5.38. The third kappa shape index (κ3) is 3.04. The maximum Gasteiger partial charge on any atom is 0.304 e. The Morgan fingerprint density at radius 1 is 1.11 bits per heavy atom. The lowest BCUT2D eigenvalue weighted by molar-refractivity contribution is -0.387. The average molecular weight is 265 g/mol. The summed E-state index contributed by atoms with van der Waals surface area (Å²) in [6, 6.07) is 9.22. The summed E-state index contributed by atoms with van der Waals surface area (Å²) in [4.78, 5) is 9.63. The SMILES string of the molecule is O=[N+]([O-])c1ccc(COc2ccccc2F)cc1F. The Hall–Kier alpha value is -2.50. The van der Waals surface area contributed by atoms with Crippen molar-refractivity contribution >= 4 is 5.69 Å². The fraction of sp³-hybridized carbons (Fsp3) is 0.0769. The highest BCUT2D eigenvalue weighted by molar-refractivity contribution is 5.35. The van der Waals surface area contributed by atoms with Crippen LogP contribution in [-0.4, -0.2) is 4.92 Å². The third-order valence-corrected chi connectivity index (χ3v) is 2.44. The molecule has 0 N–H and O–H groups in total. The first-order valence-electron chi connectivity index (χ1n) is 5.38. The van der Waals surface area contributed by atoms with Crippen LogP contribution in [0.5, 0.6) is 5.75 Å². The predicted molar refractivity (Wildman–Crippen MR) is 63.8 cm³/mol. The molecular formula is C13H9F2NO3. The Bertz CT molecular complexity index is 617. The van der Waals surface area contributed by atoms with Gasteiger partial charge in [0.2, 0.25) is 5.82 Å². The highest BCUT2D eigenvalue weighted by Gasteiger charge is 2.14. The van der Waals surface area contributed by atoms with Crippen LogP contribution < -0.4 is 4.74 Å². The van der Waals surface area contributed by atoms with Crippen molar-refractivity contribution in [3.05, 3.63) is 69.8 Å². The van der Waals surface area contributed by atoms with Crippen molar-refractivity contribution in [3.8, 4) is 5.75 Å². The standard InChI is InChI=1S/C13H9F2NO3/c14-10-3-1-2-4-13(10)19-8-9-5-6-12(16(17)18)11(15)7-9/h1-7H,8H2. The Labute approximate surface area is 107 Å². The maximum atomic E-state index is 13.3. The molecule has 0 amide bonds. The van der Waals surface area contributed by atoms with Crippen LogP contribution in [0.15, 0.2) is 42.5 Å². The Balaban J connectivity index is 2.11. The van der Waals surface area contributed by atoms with Crippen LogP contribution >= 0.6 is 0 Å². The van der Waals surface area contributed by atoms with Crippen molar-refractivity contribution in [1.29, 1.82) is 0 Å². The molecular weight excluding hydrogens is 256 g/mol. The van der Waals surface area contributed by atoms with Crippen LogP contribution in [0.3, 0.4) is 0 Å². The minimum absolute atomic E-state index is 0.0428. The molecule has 19 heavy (non-hydrogen) atoms. The van der Waals surface area contributed by atoms with Gasteiger partial charge in [-0.2, -0.15) is 4.39 Å². The molecule has 0 heterocycles. The molecule has 2 rings (SSSR count). The van der Waals surface area contributed by atoms with Crippen molar-refractivity contribution in [1.82, 2.24) is 0 Å². The summed E-state index contributed by atoms with van der Waals surface area (Å²) in [5.41, 5.74) is -0.221. The topological polar surface area (TPSA) is 52.4 Å². The summed E-state index contributed by atoms with van der Waals surface area (Å²) >= 11 is 0. The quantitative estimate of drug-likeness (QED) is 0.628. The number of hydrogen-bond donors (Lipinski definition) is 0. The number of rotatable bonds is 4. The number of nitro benzene ring substituents is 1. The van der Waals surface area contributed by atoms with Gasteiger partial charge in [-0.25, -0.2) is 4.39 Å². The number of hydrogen-bond acceptors (Lipinski definition) is 3. The molecule has 0 atom stereocenters. The Morgan fingerprint density at radius 3 is 2.47 bits per heavy atom. The van der Waals surface area contributed by atoms with E-state index in [0.29, 0.717) is 5.56 Å². The van der Waals surface area contributed by atoms with E-state index in [1.807, 2.05) is 0 Å². The fourth-order valence-electron chi connectivity index (χ4n) is 1.51. The lowest BCUT2D eigenvalue weighted by Crippen LogP contribution is -1.99. The fourth-order valence-corrected chi connectivity index (χ4v) is 1.51. The molecule has 0 fully saturated rings. The molecule has 4 nitrogen and oxygen atoms in total. The van der Waals surface area contributed by atoms with Crippen LogP contribution in [0.2, 0.25) is 0 Å². The average Bonchev–Trinajstić information content (AvgIpc) is 2.37. The van der Waals surface area contributed by atoms with Crippen LogP contribution in [0, 0.1) is 21.7 Å². The molecule has 0 spiro atoms.